The Labute approximate surface area is 133 Å². The maximum atomic E-state index is 10.4. The molecule has 2 nitrogen and oxygen atoms in total. The monoisotopic (exact) mass is 394 g/mol. The maximum absolute atomic E-state index is 10.4. The van der Waals surface area contributed by atoms with E-state index in [2.05, 4.69) is 59.2 Å². The van der Waals surface area contributed by atoms with Crippen molar-refractivity contribution >= 4 is 31.9 Å². The van der Waals surface area contributed by atoms with E-state index in [1.807, 2.05) is 0 Å². The minimum Gasteiger partial charge on any atom is -0.389 e. The summed E-state index contributed by atoms with van der Waals surface area (Å²) >= 11 is 7.31. The van der Waals surface area contributed by atoms with Crippen molar-refractivity contribution in [2.45, 2.75) is 62.7 Å². The fourth-order valence-electron chi connectivity index (χ4n) is 3.78. The molecule has 1 saturated carbocycles. The van der Waals surface area contributed by atoms with Crippen LogP contribution in [0.2, 0.25) is 0 Å². The van der Waals surface area contributed by atoms with Crippen LogP contribution < -0.4 is 0 Å². The van der Waals surface area contributed by atoms with Crippen LogP contribution in [0.25, 0.3) is 0 Å². The van der Waals surface area contributed by atoms with E-state index in [-0.39, 0.29) is 17.1 Å². The van der Waals surface area contributed by atoms with Gasteiger partial charge in [-0.05, 0) is 43.1 Å². The van der Waals surface area contributed by atoms with Crippen molar-refractivity contribution in [3.8, 4) is 0 Å². The molecule has 2 fully saturated rings. The number of aliphatic hydroxyl groups is 1. The SMILES string of the molecule is C=C1C(O)CC2C(C)(CCC(Br)C2(C)C)OC1CBr. The highest BCUT2D eigenvalue weighted by atomic mass is 79.9. The van der Waals surface area contributed by atoms with Gasteiger partial charge in [-0.15, -0.1) is 0 Å². The molecule has 0 amide bonds. The van der Waals surface area contributed by atoms with Crippen LogP contribution in [-0.2, 0) is 4.74 Å². The van der Waals surface area contributed by atoms with Gasteiger partial charge >= 0.3 is 0 Å². The van der Waals surface area contributed by atoms with Crippen molar-refractivity contribution in [3.05, 3.63) is 12.2 Å². The van der Waals surface area contributed by atoms with Crippen molar-refractivity contribution in [1.82, 2.24) is 0 Å². The Hall–Kier alpha value is 0.620. The molecule has 0 aromatic rings. The molecule has 5 atom stereocenters. The Morgan fingerprint density at radius 3 is 2.63 bits per heavy atom. The summed E-state index contributed by atoms with van der Waals surface area (Å²) in [4.78, 5) is 0.475. The predicted octanol–water partition coefficient (Wildman–Crippen LogP) is 4.05. The second-order valence-corrected chi connectivity index (χ2v) is 8.53. The normalized spacial score (nSPS) is 46.5. The van der Waals surface area contributed by atoms with Gasteiger partial charge in [-0.2, -0.15) is 0 Å². The molecule has 2 aliphatic rings. The van der Waals surface area contributed by atoms with Crippen molar-refractivity contribution in [3.63, 3.8) is 0 Å². The summed E-state index contributed by atoms with van der Waals surface area (Å²) in [5.74, 6) is 0.328. The lowest BCUT2D eigenvalue weighted by atomic mass is 9.60. The summed E-state index contributed by atoms with van der Waals surface area (Å²) < 4.78 is 6.39. The number of hydrogen-bond acceptors (Lipinski definition) is 2. The largest absolute Gasteiger partial charge is 0.389 e. The number of ether oxygens (including phenoxy) is 1. The zero-order valence-corrected chi connectivity index (χ0v) is 15.1. The third kappa shape index (κ3) is 2.70. The molecule has 1 N–H and O–H groups in total. The highest BCUT2D eigenvalue weighted by Crippen LogP contribution is 2.54. The molecular weight excluding hydrogens is 372 g/mol. The Bertz CT molecular complexity index is 369. The number of hydrogen-bond donors (Lipinski definition) is 1. The van der Waals surface area contributed by atoms with Crippen LogP contribution in [0.15, 0.2) is 12.2 Å². The smallest absolute Gasteiger partial charge is 0.0911 e. The van der Waals surface area contributed by atoms with Crippen LogP contribution in [-0.4, -0.2) is 33.1 Å². The van der Waals surface area contributed by atoms with Crippen LogP contribution in [0.5, 0.6) is 0 Å². The molecule has 0 aromatic carbocycles. The summed E-state index contributed by atoms with van der Waals surface area (Å²) in [5.41, 5.74) is 0.747. The molecule has 0 spiro atoms. The molecule has 4 heteroatoms. The predicted molar refractivity (Wildman–Crippen MR) is 86.1 cm³/mol. The number of aliphatic hydroxyl groups excluding tert-OH is 1. The minimum atomic E-state index is -0.466. The zero-order valence-electron chi connectivity index (χ0n) is 12.0. The minimum absolute atomic E-state index is 0.0901. The van der Waals surface area contributed by atoms with Crippen LogP contribution >= 0.6 is 31.9 Å². The van der Waals surface area contributed by atoms with E-state index in [1.165, 1.54) is 0 Å². The summed E-state index contributed by atoms with van der Waals surface area (Å²) in [5, 5.41) is 11.1. The zero-order chi connectivity index (χ0) is 14.4. The maximum Gasteiger partial charge on any atom is 0.0911 e. The van der Waals surface area contributed by atoms with E-state index in [4.69, 9.17) is 4.74 Å². The summed E-state index contributed by atoms with van der Waals surface area (Å²) in [6.45, 7) is 10.8. The van der Waals surface area contributed by atoms with Gasteiger partial charge in [-0.25, -0.2) is 0 Å². The first-order valence-corrected chi connectivity index (χ1v) is 9.00. The molecule has 1 aliphatic heterocycles. The standard InChI is InChI=1S/C15H24Br2O2/c1-9-10(18)7-12-14(2,3)13(17)5-6-15(12,4)19-11(9)8-16/h10-13,18H,1,5-8H2,2-4H3. The third-order valence-corrected chi connectivity index (χ3v) is 7.41. The number of halogens is 2. The number of fused-ring (bicyclic) bond motifs is 1. The van der Waals surface area contributed by atoms with Crippen molar-refractivity contribution in [1.29, 1.82) is 0 Å². The second kappa shape index (κ2) is 5.43. The Morgan fingerprint density at radius 2 is 2.05 bits per heavy atom. The first-order valence-electron chi connectivity index (χ1n) is 6.97. The molecule has 0 aromatic heterocycles. The average Bonchev–Trinajstić information content (AvgIpc) is 2.45. The highest BCUT2D eigenvalue weighted by molar-refractivity contribution is 9.09. The van der Waals surface area contributed by atoms with Gasteiger partial charge in [0.15, 0.2) is 0 Å². The fraction of sp³-hybridized carbons (Fsp3) is 0.867. The fourth-order valence-corrected chi connectivity index (χ4v) is 4.88. The molecule has 0 bridgehead atoms. The topological polar surface area (TPSA) is 29.5 Å². The highest BCUT2D eigenvalue weighted by Gasteiger charge is 2.54. The molecule has 1 heterocycles. The van der Waals surface area contributed by atoms with E-state index in [1.54, 1.807) is 0 Å². The summed E-state index contributed by atoms with van der Waals surface area (Å²) in [6.07, 6.45) is 2.32. The van der Waals surface area contributed by atoms with E-state index >= 15 is 0 Å². The van der Waals surface area contributed by atoms with Gasteiger partial charge in [-0.3, -0.25) is 0 Å². The molecule has 110 valence electrons. The van der Waals surface area contributed by atoms with Crippen molar-refractivity contribution in [2.24, 2.45) is 11.3 Å². The molecule has 0 radical (unpaired) electrons. The molecule has 1 aliphatic carbocycles. The van der Waals surface area contributed by atoms with E-state index in [0.717, 1.165) is 24.8 Å². The van der Waals surface area contributed by atoms with Crippen LogP contribution in [0, 0.1) is 11.3 Å². The first kappa shape index (κ1) is 16.0. The van der Waals surface area contributed by atoms with E-state index in [0.29, 0.717) is 16.1 Å². The van der Waals surface area contributed by atoms with Crippen molar-refractivity contribution in [2.75, 3.05) is 5.33 Å². The van der Waals surface area contributed by atoms with Gasteiger partial charge in [0.05, 0.1) is 17.8 Å². The number of alkyl halides is 2. The quantitative estimate of drug-likeness (QED) is 0.536. The van der Waals surface area contributed by atoms with Gasteiger partial charge < -0.3 is 9.84 Å². The van der Waals surface area contributed by atoms with Gasteiger partial charge in [0.25, 0.3) is 0 Å². The van der Waals surface area contributed by atoms with Gasteiger partial charge in [-0.1, -0.05) is 52.3 Å². The lowest BCUT2D eigenvalue weighted by Crippen LogP contribution is -2.53. The van der Waals surface area contributed by atoms with Crippen LogP contribution in [0.3, 0.4) is 0 Å². The molecule has 5 unspecified atom stereocenters. The average molecular weight is 396 g/mol. The third-order valence-electron chi connectivity index (χ3n) is 5.19. The Balaban J connectivity index is 2.38. The lowest BCUT2D eigenvalue weighted by Gasteiger charge is -2.52. The molecule has 2 rings (SSSR count). The second-order valence-electron chi connectivity index (χ2n) is 6.78. The Kier molecular flexibility index (Phi) is 4.57. The first-order chi connectivity index (χ1) is 8.72. The Morgan fingerprint density at radius 1 is 1.42 bits per heavy atom. The van der Waals surface area contributed by atoms with E-state index < -0.39 is 6.10 Å². The molecular formula is C15H24Br2O2. The summed E-state index contributed by atoms with van der Waals surface area (Å²) in [6, 6.07) is 0. The number of rotatable bonds is 1. The molecule has 1 saturated heterocycles. The van der Waals surface area contributed by atoms with Gasteiger partial charge in [0.1, 0.15) is 0 Å². The van der Waals surface area contributed by atoms with Crippen molar-refractivity contribution < 1.29 is 9.84 Å². The van der Waals surface area contributed by atoms with Crippen LogP contribution in [0.4, 0.5) is 0 Å². The van der Waals surface area contributed by atoms with Gasteiger partial charge in [0.2, 0.25) is 0 Å². The summed E-state index contributed by atoms with van der Waals surface area (Å²) in [7, 11) is 0. The van der Waals surface area contributed by atoms with Crippen LogP contribution in [0.1, 0.15) is 40.0 Å². The van der Waals surface area contributed by atoms with E-state index in [9.17, 15) is 5.11 Å². The van der Waals surface area contributed by atoms with Gasteiger partial charge in [0, 0.05) is 10.2 Å². The lowest BCUT2D eigenvalue weighted by molar-refractivity contribution is -0.142. The molecule has 19 heavy (non-hydrogen) atoms.